The first kappa shape index (κ1) is 17.1. The van der Waals surface area contributed by atoms with Crippen LogP contribution in [0.3, 0.4) is 0 Å². The summed E-state index contributed by atoms with van der Waals surface area (Å²) in [6.07, 6.45) is 0.956. The van der Waals surface area contributed by atoms with Gasteiger partial charge < -0.3 is 5.32 Å². The average Bonchev–Trinajstić information content (AvgIpc) is 2.89. The number of pyridine rings is 1. The molecule has 0 unspecified atom stereocenters. The number of nitrogens with zero attached hydrogens (tertiary/aromatic N) is 3. The van der Waals surface area contributed by atoms with Gasteiger partial charge in [-0.25, -0.2) is 4.98 Å². The van der Waals surface area contributed by atoms with E-state index < -0.39 is 0 Å². The first-order chi connectivity index (χ1) is 12.0. The summed E-state index contributed by atoms with van der Waals surface area (Å²) in [5.74, 6) is 0.485. The molecule has 0 radical (unpaired) electrons. The highest BCUT2D eigenvalue weighted by Gasteiger charge is 2.19. The Hall–Kier alpha value is -2.69. The summed E-state index contributed by atoms with van der Waals surface area (Å²) in [7, 11) is 1.86. The fourth-order valence-corrected chi connectivity index (χ4v) is 2.95. The van der Waals surface area contributed by atoms with Gasteiger partial charge in [0.15, 0.2) is 5.65 Å². The van der Waals surface area contributed by atoms with Crippen molar-refractivity contribution in [3.63, 3.8) is 0 Å². The van der Waals surface area contributed by atoms with E-state index >= 15 is 0 Å². The smallest absolute Gasteiger partial charge is 0.252 e. The largest absolute Gasteiger partial charge is 0.352 e. The number of fused-ring (bicyclic) bond motifs is 1. The van der Waals surface area contributed by atoms with Crippen molar-refractivity contribution in [2.45, 2.75) is 27.2 Å². The zero-order valence-corrected chi connectivity index (χ0v) is 15.2. The summed E-state index contributed by atoms with van der Waals surface area (Å²) in [5, 5.41) is 8.31. The molecule has 0 saturated carbocycles. The van der Waals surface area contributed by atoms with Crippen molar-refractivity contribution in [3.05, 3.63) is 47.7 Å². The van der Waals surface area contributed by atoms with E-state index in [0.29, 0.717) is 18.0 Å². The molecule has 0 aliphatic heterocycles. The van der Waals surface area contributed by atoms with Crippen molar-refractivity contribution < 1.29 is 4.79 Å². The first-order valence-electron chi connectivity index (χ1n) is 8.65. The Bertz CT molecular complexity index is 897. The van der Waals surface area contributed by atoms with Gasteiger partial charge in [-0.15, -0.1) is 0 Å². The van der Waals surface area contributed by atoms with Gasteiger partial charge in [-0.3, -0.25) is 9.48 Å². The van der Waals surface area contributed by atoms with Crippen LogP contribution in [0.4, 0.5) is 0 Å². The maximum atomic E-state index is 12.8. The van der Waals surface area contributed by atoms with Crippen LogP contribution in [-0.2, 0) is 7.05 Å². The van der Waals surface area contributed by atoms with Crippen LogP contribution in [0, 0.1) is 12.8 Å². The molecule has 2 heterocycles. The highest BCUT2D eigenvalue weighted by Crippen LogP contribution is 2.26. The molecule has 0 atom stereocenters. The van der Waals surface area contributed by atoms with Gasteiger partial charge in [0, 0.05) is 19.2 Å². The number of rotatable bonds is 5. The molecule has 1 aromatic carbocycles. The van der Waals surface area contributed by atoms with Gasteiger partial charge in [-0.1, -0.05) is 44.2 Å². The number of aromatic nitrogens is 3. The van der Waals surface area contributed by atoms with Crippen LogP contribution >= 0.6 is 0 Å². The van der Waals surface area contributed by atoms with Crippen LogP contribution in [0.15, 0.2) is 36.4 Å². The number of carbonyl (C=O) groups is 1. The molecule has 0 saturated heterocycles. The number of carbonyl (C=O) groups excluding carboxylic acids is 1. The van der Waals surface area contributed by atoms with Crippen molar-refractivity contribution in [1.82, 2.24) is 20.1 Å². The molecule has 3 rings (SSSR count). The van der Waals surface area contributed by atoms with Gasteiger partial charge in [-0.2, -0.15) is 5.10 Å². The SMILES string of the molecule is Cc1nn(C)c2nc(-c3ccccc3)cc(C(=O)NCCC(C)C)c12. The van der Waals surface area contributed by atoms with E-state index in [0.717, 1.165) is 34.4 Å². The second-order valence-electron chi connectivity index (χ2n) is 6.77. The number of amides is 1. The van der Waals surface area contributed by atoms with E-state index in [9.17, 15) is 4.79 Å². The molecule has 0 spiro atoms. The third-order valence-electron chi connectivity index (χ3n) is 4.29. The molecule has 1 N–H and O–H groups in total. The molecular formula is C20H24N4O. The molecule has 2 aromatic heterocycles. The van der Waals surface area contributed by atoms with Gasteiger partial charge >= 0.3 is 0 Å². The highest BCUT2D eigenvalue weighted by molar-refractivity contribution is 6.07. The zero-order chi connectivity index (χ0) is 18.0. The maximum Gasteiger partial charge on any atom is 0.252 e. The Morgan fingerprint density at radius 2 is 1.96 bits per heavy atom. The minimum atomic E-state index is -0.0682. The second kappa shape index (κ2) is 7.05. The molecule has 5 heteroatoms. The third kappa shape index (κ3) is 3.55. The van der Waals surface area contributed by atoms with Gasteiger partial charge in [0.2, 0.25) is 0 Å². The normalized spacial score (nSPS) is 11.2. The molecule has 0 fully saturated rings. The van der Waals surface area contributed by atoms with Crippen LogP contribution in [0.1, 0.15) is 36.3 Å². The molecule has 130 valence electrons. The minimum absolute atomic E-state index is 0.0682. The van der Waals surface area contributed by atoms with E-state index in [1.165, 1.54) is 0 Å². The summed E-state index contributed by atoms with van der Waals surface area (Å²) in [6.45, 7) is 6.88. The average molecular weight is 336 g/mol. The number of hydrogen-bond acceptors (Lipinski definition) is 3. The summed E-state index contributed by atoms with van der Waals surface area (Å²) in [4.78, 5) is 17.5. The lowest BCUT2D eigenvalue weighted by atomic mass is 10.0. The Morgan fingerprint density at radius 1 is 1.24 bits per heavy atom. The van der Waals surface area contributed by atoms with Crippen molar-refractivity contribution in [2.75, 3.05) is 6.54 Å². The Morgan fingerprint density at radius 3 is 2.64 bits per heavy atom. The fraction of sp³-hybridized carbons (Fsp3) is 0.350. The lowest BCUT2D eigenvalue weighted by molar-refractivity contribution is 0.0953. The molecular weight excluding hydrogens is 312 g/mol. The van der Waals surface area contributed by atoms with Crippen LogP contribution in [-0.4, -0.2) is 27.2 Å². The quantitative estimate of drug-likeness (QED) is 0.772. The second-order valence-corrected chi connectivity index (χ2v) is 6.77. The molecule has 5 nitrogen and oxygen atoms in total. The topological polar surface area (TPSA) is 59.8 Å². The van der Waals surface area contributed by atoms with E-state index in [1.54, 1.807) is 4.68 Å². The summed E-state index contributed by atoms with van der Waals surface area (Å²) >= 11 is 0. The van der Waals surface area contributed by atoms with Crippen LogP contribution in [0.25, 0.3) is 22.3 Å². The maximum absolute atomic E-state index is 12.8. The number of aryl methyl sites for hydroxylation is 2. The predicted molar refractivity (Wildman–Crippen MR) is 100 cm³/mol. The van der Waals surface area contributed by atoms with Crippen molar-refractivity contribution in [2.24, 2.45) is 13.0 Å². The summed E-state index contributed by atoms with van der Waals surface area (Å²) < 4.78 is 1.74. The molecule has 0 aliphatic rings. The monoisotopic (exact) mass is 336 g/mol. The fourth-order valence-electron chi connectivity index (χ4n) is 2.95. The lowest BCUT2D eigenvalue weighted by Crippen LogP contribution is -2.25. The molecule has 3 aromatic rings. The van der Waals surface area contributed by atoms with Crippen molar-refractivity contribution in [1.29, 1.82) is 0 Å². The molecule has 0 bridgehead atoms. The number of nitrogens with one attached hydrogen (secondary N) is 1. The molecule has 0 aliphatic carbocycles. The van der Waals surface area contributed by atoms with Gasteiger partial charge in [0.1, 0.15) is 0 Å². The number of benzene rings is 1. The highest BCUT2D eigenvalue weighted by atomic mass is 16.1. The predicted octanol–water partition coefficient (Wildman–Crippen LogP) is 3.72. The van der Waals surface area contributed by atoms with Gasteiger partial charge in [-0.05, 0) is 25.3 Å². The van der Waals surface area contributed by atoms with Crippen molar-refractivity contribution in [3.8, 4) is 11.3 Å². The van der Waals surface area contributed by atoms with Gasteiger partial charge in [0.25, 0.3) is 5.91 Å². The van der Waals surface area contributed by atoms with Crippen molar-refractivity contribution >= 4 is 16.9 Å². The third-order valence-corrected chi connectivity index (χ3v) is 4.29. The first-order valence-corrected chi connectivity index (χ1v) is 8.65. The van der Waals surface area contributed by atoms with Gasteiger partial charge in [0.05, 0.1) is 22.3 Å². The standard InChI is InChI=1S/C20H24N4O/c1-13(2)10-11-21-20(25)16-12-17(15-8-6-5-7-9-15)22-19-18(16)14(3)23-24(19)4/h5-9,12-13H,10-11H2,1-4H3,(H,21,25). The number of hydrogen-bond donors (Lipinski definition) is 1. The molecule has 25 heavy (non-hydrogen) atoms. The van der Waals surface area contributed by atoms with Crippen LogP contribution in [0.2, 0.25) is 0 Å². The minimum Gasteiger partial charge on any atom is -0.352 e. The van der Waals surface area contributed by atoms with E-state index in [-0.39, 0.29) is 5.91 Å². The zero-order valence-electron chi connectivity index (χ0n) is 15.2. The van der Waals surface area contributed by atoms with Crippen LogP contribution < -0.4 is 5.32 Å². The molecule has 1 amide bonds. The summed E-state index contributed by atoms with van der Waals surface area (Å²) in [6, 6.07) is 11.8. The Balaban J connectivity index is 2.07. The van der Waals surface area contributed by atoms with E-state index in [1.807, 2.05) is 50.4 Å². The van der Waals surface area contributed by atoms with E-state index in [4.69, 9.17) is 4.98 Å². The Kier molecular flexibility index (Phi) is 4.83. The summed E-state index contributed by atoms with van der Waals surface area (Å²) in [5.41, 5.74) is 3.95. The lowest BCUT2D eigenvalue weighted by Gasteiger charge is -2.10. The van der Waals surface area contributed by atoms with E-state index in [2.05, 4.69) is 24.3 Å². The van der Waals surface area contributed by atoms with Crippen LogP contribution in [0.5, 0.6) is 0 Å². The Labute approximate surface area is 148 Å².